The van der Waals surface area contributed by atoms with E-state index in [4.69, 9.17) is 10.8 Å². The average Bonchev–Trinajstić information content (AvgIpc) is 1.97. The number of alkyl halides is 3. The third-order valence-electron chi connectivity index (χ3n) is 1.75. The predicted molar refractivity (Wildman–Crippen MR) is 42.7 cm³/mol. The van der Waals surface area contributed by atoms with Gasteiger partial charge in [0.1, 0.15) is 16.9 Å². The molecule has 0 aliphatic carbocycles. The number of halogens is 5. The number of carboxylic acids is 1. The Hall–Kier alpha value is -1.86. The van der Waals surface area contributed by atoms with Gasteiger partial charge >= 0.3 is 12.1 Å². The SMILES string of the molecule is Nc1cc(F)c(C(=O)O)c(F)c1C(F)(F)F. The second-order valence-electron chi connectivity index (χ2n) is 2.81. The fourth-order valence-electron chi connectivity index (χ4n) is 1.12. The first kappa shape index (κ1) is 12.2. The third-order valence-corrected chi connectivity index (χ3v) is 1.75. The molecule has 3 nitrogen and oxygen atoms in total. The number of anilines is 1. The zero-order valence-corrected chi connectivity index (χ0v) is 7.40. The first-order valence-corrected chi connectivity index (χ1v) is 3.74. The van der Waals surface area contributed by atoms with Crippen LogP contribution in [0.25, 0.3) is 0 Å². The van der Waals surface area contributed by atoms with Gasteiger partial charge in [-0.25, -0.2) is 13.6 Å². The summed E-state index contributed by atoms with van der Waals surface area (Å²) >= 11 is 0. The van der Waals surface area contributed by atoms with Gasteiger partial charge in [-0.2, -0.15) is 13.2 Å². The van der Waals surface area contributed by atoms with Gasteiger partial charge in [0, 0.05) is 5.69 Å². The second-order valence-corrected chi connectivity index (χ2v) is 2.81. The molecule has 0 spiro atoms. The van der Waals surface area contributed by atoms with E-state index in [1.807, 2.05) is 0 Å². The summed E-state index contributed by atoms with van der Waals surface area (Å²) in [5, 5.41) is 8.34. The van der Waals surface area contributed by atoms with Gasteiger partial charge < -0.3 is 10.8 Å². The van der Waals surface area contributed by atoms with Crippen LogP contribution in [0.15, 0.2) is 6.07 Å². The Kier molecular flexibility index (Phi) is 2.76. The first-order valence-electron chi connectivity index (χ1n) is 3.74. The lowest BCUT2D eigenvalue weighted by atomic mass is 10.1. The highest BCUT2D eigenvalue weighted by Gasteiger charge is 2.39. The minimum absolute atomic E-state index is 0.120. The van der Waals surface area contributed by atoms with E-state index in [0.29, 0.717) is 0 Å². The Balaban J connectivity index is 3.65. The summed E-state index contributed by atoms with van der Waals surface area (Å²) in [6, 6.07) is 0.120. The summed E-state index contributed by atoms with van der Waals surface area (Å²) in [5.41, 5.74) is -0.0763. The van der Waals surface area contributed by atoms with E-state index in [-0.39, 0.29) is 6.07 Å². The molecule has 0 radical (unpaired) electrons. The van der Waals surface area contributed by atoms with Crippen molar-refractivity contribution < 1.29 is 31.9 Å². The maximum atomic E-state index is 13.1. The normalized spacial score (nSPS) is 11.6. The smallest absolute Gasteiger partial charge is 0.421 e. The summed E-state index contributed by atoms with van der Waals surface area (Å²) in [7, 11) is 0. The minimum atomic E-state index is -5.19. The lowest BCUT2D eigenvalue weighted by molar-refractivity contribution is -0.139. The predicted octanol–water partition coefficient (Wildman–Crippen LogP) is 2.26. The van der Waals surface area contributed by atoms with Crippen molar-refractivity contribution in [2.45, 2.75) is 6.18 Å². The van der Waals surface area contributed by atoms with Crippen LogP contribution in [0.2, 0.25) is 0 Å². The molecule has 0 aliphatic heterocycles. The van der Waals surface area contributed by atoms with E-state index in [2.05, 4.69) is 0 Å². The summed E-state index contributed by atoms with van der Waals surface area (Å²) in [6.07, 6.45) is -5.19. The van der Waals surface area contributed by atoms with Gasteiger partial charge in [-0.05, 0) is 6.07 Å². The molecule has 88 valence electrons. The van der Waals surface area contributed by atoms with Crippen molar-refractivity contribution in [3.8, 4) is 0 Å². The van der Waals surface area contributed by atoms with Crippen molar-refractivity contribution in [1.82, 2.24) is 0 Å². The van der Waals surface area contributed by atoms with E-state index in [1.165, 1.54) is 0 Å². The number of hydrogen-bond acceptors (Lipinski definition) is 2. The molecule has 0 aliphatic rings. The van der Waals surface area contributed by atoms with Crippen LogP contribution in [0.1, 0.15) is 15.9 Å². The Morgan fingerprint density at radius 1 is 1.31 bits per heavy atom. The molecular formula is C8H4F5NO2. The average molecular weight is 241 g/mol. The quantitative estimate of drug-likeness (QED) is 0.585. The van der Waals surface area contributed by atoms with Crippen molar-refractivity contribution >= 4 is 11.7 Å². The minimum Gasteiger partial charge on any atom is -0.477 e. The summed E-state index contributed by atoms with van der Waals surface area (Å²) in [4.78, 5) is 10.3. The topological polar surface area (TPSA) is 63.3 Å². The molecule has 16 heavy (non-hydrogen) atoms. The van der Waals surface area contributed by atoms with Gasteiger partial charge in [0.05, 0.1) is 0 Å². The number of aromatic carboxylic acids is 1. The van der Waals surface area contributed by atoms with Gasteiger partial charge in [-0.3, -0.25) is 0 Å². The molecule has 8 heteroatoms. The van der Waals surface area contributed by atoms with Gasteiger partial charge in [-0.1, -0.05) is 0 Å². The van der Waals surface area contributed by atoms with E-state index in [0.717, 1.165) is 0 Å². The first-order chi connectivity index (χ1) is 7.16. The number of rotatable bonds is 1. The van der Waals surface area contributed by atoms with Gasteiger partial charge in [0.15, 0.2) is 5.82 Å². The van der Waals surface area contributed by atoms with Crippen LogP contribution < -0.4 is 5.73 Å². The zero-order valence-electron chi connectivity index (χ0n) is 7.40. The fourth-order valence-corrected chi connectivity index (χ4v) is 1.12. The molecule has 0 aromatic heterocycles. The number of carboxylic acid groups (broad SMARTS) is 1. The number of nitrogens with two attached hydrogens (primary N) is 1. The molecule has 0 atom stereocenters. The lowest BCUT2D eigenvalue weighted by Crippen LogP contribution is -2.17. The Morgan fingerprint density at radius 2 is 1.81 bits per heavy atom. The molecule has 1 aromatic rings. The monoisotopic (exact) mass is 241 g/mol. The number of carbonyl (C=O) groups is 1. The summed E-state index contributed by atoms with van der Waals surface area (Å²) in [6.45, 7) is 0. The van der Waals surface area contributed by atoms with Crippen molar-refractivity contribution in [1.29, 1.82) is 0 Å². The second kappa shape index (κ2) is 3.62. The fraction of sp³-hybridized carbons (Fsp3) is 0.125. The largest absolute Gasteiger partial charge is 0.477 e. The molecule has 0 saturated heterocycles. The van der Waals surface area contributed by atoms with Crippen LogP contribution in [-0.2, 0) is 6.18 Å². The number of benzene rings is 1. The van der Waals surface area contributed by atoms with E-state index >= 15 is 0 Å². The Bertz CT molecular complexity index is 455. The molecular weight excluding hydrogens is 237 g/mol. The molecule has 0 fully saturated rings. The van der Waals surface area contributed by atoms with Crippen LogP contribution in [-0.4, -0.2) is 11.1 Å². The standard InChI is InChI=1S/C8H4F5NO2/c9-2-1-3(14)5(8(11,12)13)6(10)4(2)7(15)16/h1H,14H2,(H,15,16). The highest BCUT2D eigenvalue weighted by atomic mass is 19.4. The van der Waals surface area contributed by atoms with Crippen LogP contribution in [0.4, 0.5) is 27.6 Å². The van der Waals surface area contributed by atoms with Crippen molar-refractivity contribution in [3.05, 3.63) is 28.8 Å². The maximum Gasteiger partial charge on any atom is 0.421 e. The van der Waals surface area contributed by atoms with Crippen molar-refractivity contribution in [2.75, 3.05) is 5.73 Å². The molecule has 0 unspecified atom stereocenters. The Morgan fingerprint density at radius 3 is 2.19 bits per heavy atom. The third kappa shape index (κ3) is 1.90. The zero-order chi connectivity index (χ0) is 12.7. The maximum absolute atomic E-state index is 13.1. The molecule has 1 rings (SSSR count). The van der Waals surface area contributed by atoms with Gasteiger partial charge in [0.25, 0.3) is 0 Å². The van der Waals surface area contributed by atoms with Crippen LogP contribution in [0, 0.1) is 11.6 Å². The van der Waals surface area contributed by atoms with E-state index < -0.39 is 40.6 Å². The molecule has 0 heterocycles. The van der Waals surface area contributed by atoms with Crippen LogP contribution in [0.3, 0.4) is 0 Å². The van der Waals surface area contributed by atoms with Gasteiger partial charge in [0.2, 0.25) is 0 Å². The molecule has 0 saturated carbocycles. The number of hydrogen-bond donors (Lipinski definition) is 2. The van der Waals surface area contributed by atoms with Crippen LogP contribution in [0.5, 0.6) is 0 Å². The van der Waals surface area contributed by atoms with Crippen LogP contribution >= 0.6 is 0 Å². The molecule has 3 N–H and O–H groups in total. The van der Waals surface area contributed by atoms with Crippen molar-refractivity contribution in [3.63, 3.8) is 0 Å². The van der Waals surface area contributed by atoms with Gasteiger partial charge in [-0.15, -0.1) is 0 Å². The highest BCUT2D eigenvalue weighted by molar-refractivity contribution is 5.89. The Labute approximate surface area is 85.3 Å². The molecule has 1 aromatic carbocycles. The lowest BCUT2D eigenvalue weighted by Gasteiger charge is -2.12. The number of nitrogen functional groups attached to an aromatic ring is 1. The van der Waals surface area contributed by atoms with Crippen molar-refractivity contribution in [2.24, 2.45) is 0 Å². The molecule has 0 bridgehead atoms. The van der Waals surface area contributed by atoms with E-state index in [1.54, 1.807) is 0 Å². The summed E-state index contributed by atoms with van der Waals surface area (Å²) < 4.78 is 62.7. The summed E-state index contributed by atoms with van der Waals surface area (Å²) in [5.74, 6) is -6.02. The highest BCUT2D eigenvalue weighted by Crippen LogP contribution is 2.37. The van der Waals surface area contributed by atoms with E-state index in [9.17, 15) is 26.7 Å². The molecule has 0 amide bonds.